The molecule has 0 saturated carbocycles. The van der Waals surface area contributed by atoms with Gasteiger partial charge in [0.1, 0.15) is 0 Å². The van der Waals surface area contributed by atoms with Crippen LogP contribution in [0.1, 0.15) is 45.4 Å². The molecule has 132 valence electrons. The van der Waals surface area contributed by atoms with Gasteiger partial charge in [-0.2, -0.15) is 11.8 Å². The van der Waals surface area contributed by atoms with E-state index in [1.54, 1.807) is 0 Å². The molecule has 0 unspecified atom stereocenters. The van der Waals surface area contributed by atoms with Crippen LogP contribution in [0.4, 0.5) is 4.79 Å². The summed E-state index contributed by atoms with van der Waals surface area (Å²) >= 11 is 2.01. The standard InChI is InChI=1S/C18H33N3OS/c1-15-4-9-20(10-5-15)13-16-3-2-8-21(14-16)18(22)19-17-6-11-23-12-7-17/h15-17H,2-14H2,1H3,(H,19,22)/t16-/m1/s1. The second-order valence-electron chi connectivity index (χ2n) is 7.77. The molecule has 3 fully saturated rings. The van der Waals surface area contributed by atoms with Crippen LogP contribution in [0.3, 0.4) is 0 Å². The first-order chi connectivity index (χ1) is 11.2. The van der Waals surface area contributed by atoms with Crippen molar-refractivity contribution in [1.82, 2.24) is 15.1 Å². The highest BCUT2D eigenvalue weighted by Gasteiger charge is 2.27. The molecule has 0 radical (unpaired) electrons. The van der Waals surface area contributed by atoms with Crippen LogP contribution in [0.5, 0.6) is 0 Å². The minimum Gasteiger partial charge on any atom is -0.335 e. The number of nitrogens with one attached hydrogen (secondary N) is 1. The summed E-state index contributed by atoms with van der Waals surface area (Å²) < 4.78 is 0. The zero-order valence-corrected chi connectivity index (χ0v) is 15.5. The third-order valence-electron chi connectivity index (χ3n) is 5.75. The van der Waals surface area contributed by atoms with Gasteiger partial charge in [-0.15, -0.1) is 0 Å². The van der Waals surface area contributed by atoms with Crippen molar-refractivity contribution >= 4 is 17.8 Å². The fourth-order valence-electron chi connectivity index (χ4n) is 4.12. The molecule has 3 saturated heterocycles. The van der Waals surface area contributed by atoms with Crippen molar-refractivity contribution in [2.75, 3.05) is 44.2 Å². The fraction of sp³-hybridized carbons (Fsp3) is 0.944. The Morgan fingerprint density at radius 2 is 1.83 bits per heavy atom. The molecule has 0 aromatic rings. The van der Waals surface area contributed by atoms with Gasteiger partial charge in [0.2, 0.25) is 0 Å². The van der Waals surface area contributed by atoms with Crippen molar-refractivity contribution in [1.29, 1.82) is 0 Å². The highest BCUT2D eigenvalue weighted by molar-refractivity contribution is 7.99. The van der Waals surface area contributed by atoms with E-state index < -0.39 is 0 Å². The van der Waals surface area contributed by atoms with Crippen molar-refractivity contribution in [3.05, 3.63) is 0 Å². The first-order valence-electron chi connectivity index (χ1n) is 9.56. The number of carbonyl (C=O) groups is 1. The maximum atomic E-state index is 12.5. The molecule has 2 amide bonds. The number of carbonyl (C=O) groups excluding carboxylic acids is 1. The zero-order chi connectivity index (χ0) is 16.1. The molecule has 1 N–H and O–H groups in total. The highest BCUT2D eigenvalue weighted by atomic mass is 32.2. The number of thioether (sulfide) groups is 1. The normalized spacial score (nSPS) is 28.7. The van der Waals surface area contributed by atoms with E-state index >= 15 is 0 Å². The van der Waals surface area contributed by atoms with Crippen LogP contribution in [0.15, 0.2) is 0 Å². The Bertz CT molecular complexity index is 378. The molecule has 0 aliphatic carbocycles. The number of likely N-dealkylation sites (tertiary alicyclic amines) is 2. The molecular weight excluding hydrogens is 306 g/mol. The molecule has 4 nitrogen and oxygen atoms in total. The Kier molecular flexibility index (Phi) is 6.52. The molecule has 0 aromatic heterocycles. The van der Waals surface area contributed by atoms with Gasteiger partial charge in [-0.1, -0.05) is 6.92 Å². The molecule has 5 heteroatoms. The molecule has 1 atom stereocenters. The number of piperidine rings is 2. The smallest absolute Gasteiger partial charge is 0.317 e. The van der Waals surface area contributed by atoms with E-state index in [2.05, 4.69) is 22.0 Å². The maximum Gasteiger partial charge on any atom is 0.317 e. The third-order valence-corrected chi connectivity index (χ3v) is 6.80. The molecule has 3 heterocycles. The van der Waals surface area contributed by atoms with Gasteiger partial charge in [-0.25, -0.2) is 4.79 Å². The van der Waals surface area contributed by atoms with E-state index in [0.717, 1.165) is 31.8 Å². The van der Waals surface area contributed by atoms with Crippen LogP contribution in [0, 0.1) is 11.8 Å². The van der Waals surface area contributed by atoms with Gasteiger partial charge in [0.25, 0.3) is 0 Å². The molecule has 3 aliphatic rings. The number of amides is 2. The Labute approximate surface area is 145 Å². The van der Waals surface area contributed by atoms with Crippen LogP contribution in [-0.4, -0.2) is 66.1 Å². The summed E-state index contributed by atoms with van der Waals surface area (Å²) in [6, 6.07) is 0.603. The lowest BCUT2D eigenvalue weighted by Crippen LogP contribution is -2.51. The van der Waals surface area contributed by atoms with Gasteiger partial charge in [0.15, 0.2) is 0 Å². The Morgan fingerprint density at radius 3 is 2.57 bits per heavy atom. The number of nitrogens with zero attached hydrogens (tertiary/aromatic N) is 2. The molecule has 3 aliphatic heterocycles. The van der Waals surface area contributed by atoms with Crippen molar-refractivity contribution in [2.24, 2.45) is 11.8 Å². The molecule has 0 bridgehead atoms. The van der Waals surface area contributed by atoms with Gasteiger partial charge in [-0.05, 0) is 75.0 Å². The van der Waals surface area contributed by atoms with Crippen molar-refractivity contribution in [2.45, 2.75) is 51.5 Å². The number of urea groups is 1. The lowest BCUT2D eigenvalue weighted by Gasteiger charge is -2.38. The third kappa shape index (κ3) is 5.28. The predicted molar refractivity (Wildman–Crippen MR) is 98.0 cm³/mol. The maximum absolute atomic E-state index is 12.5. The minimum atomic E-state index is 0.193. The number of hydrogen-bond donors (Lipinski definition) is 1. The van der Waals surface area contributed by atoms with Crippen LogP contribution in [-0.2, 0) is 0 Å². The van der Waals surface area contributed by atoms with E-state index in [1.807, 2.05) is 11.8 Å². The monoisotopic (exact) mass is 339 g/mol. The fourth-order valence-corrected chi connectivity index (χ4v) is 5.22. The molecule has 0 aromatic carbocycles. The van der Waals surface area contributed by atoms with E-state index in [1.165, 1.54) is 56.8 Å². The topological polar surface area (TPSA) is 35.6 Å². The van der Waals surface area contributed by atoms with E-state index in [-0.39, 0.29) is 6.03 Å². The van der Waals surface area contributed by atoms with Crippen LogP contribution >= 0.6 is 11.8 Å². The lowest BCUT2D eigenvalue weighted by molar-refractivity contribution is 0.118. The molecule has 3 rings (SSSR count). The second-order valence-corrected chi connectivity index (χ2v) is 9.00. The molecular formula is C18H33N3OS. The Balaban J connectivity index is 1.42. The van der Waals surface area contributed by atoms with Gasteiger partial charge in [-0.3, -0.25) is 0 Å². The predicted octanol–water partition coefficient (Wildman–Crippen LogP) is 3.04. The molecule has 23 heavy (non-hydrogen) atoms. The quantitative estimate of drug-likeness (QED) is 0.858. The van der Waals surface area contributed by atoms with Crippen LogP contribution in [0.2, 0.25) is 0 Å². The molecule has 0 spiro atoms. The first kappa shape index (κ1) is 17.4. The summed E-state index contributed by atoms with van der Waals surface area (Å²) in [5.41, 5.74) is 0. The summed E-state index contributed by atoms with van der Waals surface area (Å²) in [4.78, 5) is 17.3. The second kappa shape index (κ2) is 8.61. The Hall–Kier alpha value is -0.420. The van der Waals surface area contributed by atoms with Gasteiger partial charge in [0.05, 0.1) is 0 Å². The van der Waals surface area contributed by atoms with Crippen molar-refractivity contribution < 1.29 is 4.79 Å². The summed E-state index contributed by atoms with van der Waals surface area (Å²) in [5, 5.41) is 3.28. The van der Waals surface area contributed by atoms with Crippen molar-refractivity contribution in [3.63, 3.8) is 0 Å². The van der Waals surface area contributed by atoms with Crippen LogP contribution in [0.25, 0.3) is 0 Å². The average molecular weight is 340 g/mol. The largest absolute Gasteiger partial charge is 0.335 e. The van der Waals surface area contributed by atoms with Gasteiger partial charge >= 0.3 is 6.03 Å². The van der Waals surface area contributed by atoms with Gasteiger partial charge in [0, 0.05) is 25.7 Å². The van der Waals surface area contributed by atoms with E-state index in [4.69, 9.17) is 0 Å². The van der Waals surface area contributed by atoms with Crippen LogP contribution < -0.4 is 5.32 Å². The first-order valence-corrected chi connectivity index (χ1v) is 10.7. The summed E-state index contributed by atoms with van der Waals surface area (Å²) in [6.07, 6.45) is 7.42. The summed E-state index contributed by atoms with van der Waals surface area (Å²) in [6.45, 7) is 7.97. The minimum absolute atomic E-state index is 0.193. The zero-order valence-electron chi connectivity index (χ0n) is 14.6. The lowest BCUT2D eigenvalue weighted by atomic mass is 9.94. The highest BCUT2D eigenvalue weighted by Crippen LogP contribution is 2.22. The summed E-state index contributed by atoms with van der Waals surface area (Å²) in [5.74, 6) is 3.96. The number of rotatable bonds is 3. The number of hydrogen-bond acceptors (Lipinski definition) is 3. The SMILES string of the molecule is CC1CCN(C[C@H]2CCCN(C(=O)NC3CCSCC3)C2)CC1. The van der Waals surface area contributed by atoms with Gasteiger partial charge < -0.3 is 15.1 Å². The van der Waals surface area contributed by atoms with E-state index in [0.29, 0.717) is 12.0 Å². The van der Waals surface area contributed by atoms with E-state index in [9.17, 15) is 4.79 Å². The Morgan fingerprint density at radius 1 is 1.09 bits per heavy atom. The summed E-state index contributed by atoms with van der Waals surface area (Å²) in [7, 11) is 0. The average Bonchev–Trinajstić information content (AvgIpc) is 2.58. The van der Waals surface area contributed by atoms with Crippen molar-refractivity contribution in [3.8, 4) is 0 Å².